The first-order valence-electron chi connectivity index (χ1n) is 10.7. The summed E-state index contributed by atoms with van der Waals surface area (Å²) in [5.41, 5.74) is 1.09. The Kier molecular flexibility index (Phi) is 8.47. The highest BCUT2D eigenvalue weighted by Gasteiger charge is 2.28. The lowest BCUT2D eigenvalue weighted by Gasteiger charge is -2.17. The zero-order chi connectivity index (χ0) is 24.0. The molecule has 1 fully saturated rings. The van der Waals surface area contributed by atoms with E-state index in [9.17, 15) is 18.0 Å². The molecule has 33 heavy (non-hydrogen) atoms. The van der Waals surface area contributed by atoms with Gasteiger partial charge in [-0.1, -0.05) is 11.6 Å². The third-order valence-corrected chi connectivity index (χ3v) is 7.29. The Morgan fingerprint density at radius 2 is 1.88 bits per heavy atom. The van der Waals surface area contributed by atoms with Crippen LogP contribution < -0.4 is 14.8 Å². The molecule has 2 N–H and O–H groups in total. The minimum absolute atomic E-state index is 0.0130. The number of amides is 1. The van der Waals surface area contributed by atoms with Crippen molar-refractivity contribution in [2.24, 2.45) is 0 Å². The summed E-state index contributed by atoms with van der Waals surface area (Å²) in [6, 6.07) is 11.2. The monoisotopic (exact) mass is 493 g/mol. The number of rotatable bonds is 10. The third-order valence-electron chi connectivity index (χ3n) is 5.28. The van der Waals surface area contributed by atoms with Gasteiger partial charge in [-0.05, 0) is 68.8 Å². The van der Waals surface area contributed by atoms with E-state index >= 15 is 0 Å². The number of halogens is 1. The Bertz CT molecular complexity index is 1110. The number of nitrogens with one attached hydrogen (secondary N) is 2. The quantitative estimate of drug-likeness (QED) is 0.388. The van der Waals surface area contributed by atoms with E-state index in [1.54, 1.807) is 24.3 Å². The second-order valence-corrected chi connectivity index (χ2v) is 10.1. The number of benzene rings is 2. The van der Waals surface area contributed by atoms with Gasteiger partial charge in [-0.3, -0.25) is 9.59 Å². The number of anilines is 1. The van der Waals surface area contributed by atoms with E-state index < -0.39 is 10.0 Å². The number of ketones is 1. The second-order valence-electron chi connectivity index (χ2n) is 8.02. The van der Waals surface area contributed by atoms with Crippen molar-refractivity contribution in [2.75, 3.05) is 31.6 Å². The van der Waals surface area contributed by atoms with Crippen molar-refractivity contribution >= 4 is 39.0 Å². The zero-order valence-corrected chi connectivity index (χ0v) is 20.2. The van der Waals surface area contributed by atoms with Crippen molar-refractivity contribution in [3.63, 3.8) is 0 Å². The fourth-order valence-corrected chi connectivity index (χ4v) is 5.48. The van der Waals surface area contributed by atoms with Gasteiger partial charge in [0.05, 0.1) is 11.6 Å². The maximum absolute atomic E-state index is 12.8. The summed E-state index contributed by atoms with van der Waals surface area (Å²) >= 11 is 6.16. The summed E-state index contributed by atoms with van der Waals surface area (Å²) in [5, 5.41) is 2.63. The molecule has 178 valence electrons. The highest BCUT2D eigenvalue weighted by Crippen LogP contribution is 2.26. The van der Waals surface area contributed by atoms with Gasteiger partial charge < -0.3 is 15.0 Å². The predicted molar refractivity (Wildman–Crippen MR) is 127 cm³/mol. The number of carbonyl (C=O) groups is 2. The SMILES string of the molecule is CC(=O)Nc1ccc(S(=O)(=O)NC2CCN(CCCOc3ccc(C(C)=O)cc3)C2)c(Cl)c1. The lowest BCUT2D eigenvalue weighted by Crippen LogP contribution is -2.37. The zero-order valence-electron chi connectivity index (χ0n) is 18.6. The molecule has 10 heteroatoms. The minimum atomic E-state index is -3.78. The van der Waals surface area contributed by atoms with Crippen LogP contribution in [0.2, 0.25) is 5.02 Å². The number of carbonyl (C=O) groups excluding carboxylic acids is 2. The Hall–Kier alpha value is -2.46. The van der Waals surface area contributed by atoms with Gasteiger partial charge in [-0.15, -0.1) is 0 Å². The average molecular weight is 494 g/mol. The number of nitrogens with zero attached hydrogens (tertiary/aromatic N) is 1. The molecule has 1 aliphatic heterocycles. The molecule has 2 aromatic rings. The van der Waals surface area contributed by atoms with E-state index in [4.69, 9.17) is 16.3 Å². The molecule has 8 nitrogen and oxygen atoms in total. The van der Waals surface area contributed by atoms with Gasteiger partial charge in [0, 0.05) is 37.3 Å². The number of hydrogen-bond donors (Lipinski definition) is 2. The summed E-state index contributed by atoms with van der Waals surface area (Å²) in [5.74, 6) is 0.473. The topological polar surface area (TPSA) is 105 Å². The van der Waals surface area contributed by atoms with Crippen molar-refractivity contribution in [1.29, 1.82) is 0 Å². The van der Waals surface area contributed by atoms with Gasteiger partial charge in [0.25, 0.3) is 0 Å². The second kappa shape index (κ2) is 11.1. The van der Waals surface area contributed by atoms with E-state index in [0.717, 1.165) is 19.5 Å². The predicted octanol–water partition coefficient (Wildman–Crippen LogP) is 3.32. The van der Waals surface area contributed by atoms with Gasteiger partial charge in [0.2, 0.25) is 15.9 Å². The molecule has 0 bridgehead atoms. The van der Waals surface area contributed by atoms with Gasteiger partial charge in [-0.2, -0.15) is 0 Å². The van der Waals surface area contributed by atoms with E-state index in [2.05, 4.69) is 14.9 Å². The van der Waals surface area contributed by atoms with E-state index in [0.29, 0.717) is 36.6 Å². The van der Waals surface area contributed by atoms with Crippen LogP contribution in [0.5, 0.6) is 5.75 Å². The number of Topliss-reactive ketones (excluding diaryl/α,β-unsaturated/α-hetero) is 1. The molecule has 2 aromatic carbocycles. The normalized spacial score (nSPS) is 16.5. The number of ether oxygens (including phenoxy) is 1. The summed E-state index contributed by atoms with van der Waals surface area (Å²) in [6.45, 7) is 5.60. The molecule has 0 saturated carbocycles. The van der Waals surface area contributed by atoms with Crippen molar-refractivity contribution in [2.45, 2.75) is 37.6 Å². The first kappa shape index (κ1) is 25.2. The van der Waals surface area contributed by atoms with Gasteiger partial charge in [0.15, 0.2) is 5.78 Å². The third kappa shape index (κ3) is 7.26. The lowest BCUT2D eigenvalue weighted by atomic mass is 10.1. The summed E-state index contributed by atoms with van der Waals surface area (Å²) in [4.78, 5) is 24.7. The molecule has 1 unspecified atom stereocenters. The lowest BCUT2D eigenvalue weighted by molar-refractivity contribution is -0.114. The fourth-order valence-electron chi connectivity index (χ4n) is 3.68. The molecule has 1 aliphatic rings. The first-order chi connectivity index (χ1) is 15.6. The smallest absolute Gasteiger partial charge is 0.242 e. The van der Waals surface area contributed by atoms with Gasteiger partial charge >= 0.3 is 0 Å². The summed E-state index contributed by atoms with van der Waals surface area (Å²) in [7, 11) is -3.78. The molecular weight excluding hydrogens is 466 g/mol. The van der Waals surface area contributed by atoms with Crippen molar-refractivity contribution in [1.82, 2.24) is 9.62 Å². The van der Waals surface area contributed by atoms with Crippen LogP contribution in [0.15, 0.2) is 47.4 Å². The van der Waals surface area contributed by atoms with Crippen LogP contribution in [-0.4, -0.2) is 57.3 Å². The summed E-state index contributed by atoms with van der Waals surface area (Å²) in [6.07, 6.45) is 1.50. The maximum atomic E-state index is 12.8. The van der Waals surface area contributed by atoms with Crippen molar-refractivity contribution in [3.05, 3.63) is 53.1 Å². The van der Waals surface area contributed by atoms with Crippen molar-refractivity contribution < 1.29 is 22.7 Å². The highest BCUT2D eigenvalue weighted by atomic mass is 35.5. The Morgan fingerprint density at radius 3 is 2.52 bits per heavy atom. The Balaban J connectivity index is 1.44. The molecule has 1 saturated heterocycles. The summed E-state index contributed by atoms with van der Waals surface area (Å²) < 4.78 is 34.0. The van der Waals surface area contributed by atoms with E-state index in [-0.39, 0.29) is 27.7 Å². The first-order valence-corrected chi connectivity index (χ1v) is 12.6. The van der Waals surface area contributed by atoms with Crippen LogP contribution in [0.4, 0.5) is 5.69 Å². The largest absolute Gasteiger partial charge is 0.494 e. The van der Waals surface area contributed by atoms with Crippen molar-refractivity contribution in [3.8, 4) is 5.75 Å². The van der Waals surface area contributed by atoms with Crippen LogP contribution in [0.25, 0.3) is 0 Å². The minimum Gasteiger partial charge on any atom is -0.494 e. The molecule has 0 spiro atoms. The highest BCUT2D eigenvalue weighted by molar-refractivity contribution is 7.89. The van der Waals surface area contributed by atoms with Crippen LogP contribution >= 0.6 is 11.6 Å². The maximum Gasteiger partial charge on any atom is 0.242 e. The molecule has 1 heterocycles. The standard InChI is InChI=1S/C23H28ClN3O5S/c1-16(28)18-4-7-21(8-5-18)32-13-3-11-27-12-10-20(15-27)26-33(30,31)23-9-6-19(14-22(23)24)25-17(2)29/h4-9,14,20,26H,3,10-13,15H2,1-2H3,(H,25,29). The molecule has 0 radical (unpaired) electrons. The van der Waals surface area contributed by atoms with Gasteiger partial charge in [-0.25, -0.2) is 13.1 Å². The Labute approximate surface area is 199 Å². The van der Waals surface area contributed by atoms with Gasteiger partial charge in [0.1, 0.15) is 10.6 Å². The Morgan fingerprint density at radius 1 is 1.15 bits per heavy atom. The molecule has 1 atom stereocenters. The molecule has 0 aromatic heterocycles. The number of likely N-dealkylation sites (tertiary alicyclic amines) is 1. The van der Waals surface area contributed by atoms with E-state index in [1.165, 1.54) is 32.0 Å². The molecule has 3 rings (SSSR count). The van der Waals surface area contributed by atoms with Crippen LogP contribution in [0, 0.1) is 0 Å². The molecular formula is C23H28ClN3O5S. The number of sulfonamides is 1. The van der Waals surface area contributed by atoms with Crippen LogP contribution in [-0.2, 0) is 14.8 Å². The molecule has 1 amide bonds. The van der Waals surface area contributed by atoms with E-state index in [1.807, 2.05) is 0 Å². The number of hydrogen-bond acceptors (Lipinski definition) is 6. The van der Waals surface area contributed by atoms with Crippen LogP contribution in [0.3, 0.4) is 0 Å². The molecule has 0 aliphatic carbocycles. The fraction of sp³-hybridized carbons (Fsp3) is 0.391. The average Bonchev–Trinajstić information content (AvgIpc) is 3.17. The van der Waals surface area contributed by atoms with Crippen LogP contribution in [0.1, 0.15) is 37.0 Å².